The number of piperazine rings is 1. The third-order valence-electron chi connectivity index (χ3n) is 4.23. The number of benzene rings is 1. The number of rotatable bonds is 6. The van der Waals surface area contributed by atoms with E-state index in [0.717, 1.165) is 26.2 Å². The van der Waals surface area contributed by atoms with Crippen LogP contribution in [0.4, 0.5) is 0 Å². The van der Waals surface area contributed by atoms with Gasteiger partial charge in [0.1, 0.15) is 5.75 Å². The van der Waals surface area contributed by atoms with Crippen molar-refractivity contribution in [2.45, 2.75) is 11.4 Å². The summed E-state index contributed by atoms with van der Waals surface area (Å²) in [7, 11) is -1.87. The minimum atomic E-state index is -3.44. The van der Waals surface area contributed by atoms with Crippen molar-refractivity contribution in [1.82, 2.24) is 19.0 Å². The molecule has 0 unspecified atom stereocenters. The molecule has 0 bridgehead atoms. The molecule has 0 N–H and O–H groups in total. The van der Waals surface area contributed by atoms with Crippen molar-refractivity contribution in [3.8, 4) is 5.75 Å². The van der Waals surface area contributed by atoms with Gasteiger partial charge in [-0.3, -0.25) is 9.58 Å². The quantitative estimate of drug-likeness (QED) is 0.774. The largest absolute Gasteiger partial charge is 0.497 e. The fraction of sp³-hybridized carbons (Fsp3) is 0.438. The van der Waals surface area contributed by atoms with Gasteiger partial charge in [0.25, 0.3) is 0 Å². The Morgan fingerprint density at radius 1 is 1.08 bits per heavy atom. The Bertz CT molecular complexity index is 736. The van der Waals surface area contributed by atoms with Crippen LogP contribution in [0.1, 0.15) is 0 Å². The Kier molecular flexibility index (Phi) is 5.17. The highest BCUT2D eigenvalue weighted by molar-refractivity contribution is 7.89. The molecule has 0 spiro atoms. The molecule has 0 saturated carbocycles. The highest BCUT2D eigenvalue weighted by Gasteiger charge is 2.28. The van der Waals surface area contributed by atoms with E-state index >= 15 is 0 Å². The highest BCUT2D eigenvalue weighted by atomic mass is 32.2. The maximum absolute atomic E-state index is 12.7. The molecule has 1 aliphatic heterocycles. The summed E-state index contributed by atoms with van der Waals surface area (Å²) in [4.78, 5) is 2.58. The second-order valence-corrected chi connectivity index (χ2v) is 7.63. The summed E-state index contributed by atoms with van der Waals surface area (Å²) in [5, 5.41) is 4.18. The van der Waals surface area contributed by atoms with Gasteiger partial charge in [-0.1, -0.05) is 0 Å². The van der Waals surface area contributed by atoms with E-state index in [1.165, 1.54) is 0 Å². The van der Waals surface area contributed by atoms with Crippen LogP contribution in [0.3, 0.4) is 0 Å². The molecule has 1 aliphatic rings. The van der Waals surface area contributed by atoms with Gasteiger partial charge in [0, 0.05) is 45.1 Å². The van der Waals surface area contributed by atoms with Crippen LogP contribution in [-0.4, -0.2) is 67.2 Å². The Labute approximate surface area is 142 Å². The Hall–Kier alpha value is -1.90. The zero-order valence-electron chi connectivity index (χ0n) is 13.7. The van der Waals surface area contributed by atoms with Crippen molar-refractivity contribution in [3.63, 3.8) is 0 Å². The van der Waals surface area contributed by atoms with Gasteiger partial charge in [0.05, 0.1) is 18.6 Å². The summed E-state index contributed by atoms with van der Waals surface area (Å²) in [6.07, 6.45) is 3.70. The first-order chi connectivity index (χ1) is 11.6. The van der Waals surface area contributed by atoms with E-state index in [4.69, 9.17) is 4.74 Å². The Morgan fingerprint density at radius 3 is 2.38 bits per heavy atom. The first-order valence-corrected chi connectivity index (χ1v) is 9.37. The van der Waals surface area contributed by atoms with Crippen molar-refractivity contribution in [1.29, 1.82) is 0 Å². The fourth-order valence-electron chi connectivity index (χ4n) is 2.77. The second-order valence-electron chi connectivity index (χ2n) is 5.69. The van der Waals surface area contributed by atoms with Gasteiger partial charge in [-0.15, -0.1) is 0 Å². The van der Waals surface area contributed by atoms with E-state index in [0.29, 0.717) is 23.7 Å². The van der Waals surface area contributed by atoms with Gasteiger partial charge < -0.3 is 4.74 Å². The van der Waals surface area contributed by atoms with E-state index in [9.17, 15) is 8.42 Å². The molecule has 1 fully saturated rings. The lowest BCUT2D eigenvalue weighted by Gasteiger charge is -2.33. The topological polar surface area (TPSA) is 67.7 Å². The van der Waals surface area contributed by atoms with E-state index < -0.39 is 10.0 Å². The zero-order chi connectivity index (χ0) is 17.0. The maximum Gasteiger partial charge on any atom is 0.243 e. The van der Waals surface area contributed by atoms with Crippen molar-refractivity contribution >= 4 is 10.0 Å². The molecule has 1 aromatic heterocycles. The summed E-state index contributed by atoms with van der Waals surface area (Å²) in [5.74, 6) is 0.650. The molecule has 24 heavy (non-hydrogen) atoms. The minimum Gasteiger partial charge on any atom is -0.497 e. The maximum atomic E-state index is 12.7. The highest BCUT2D eigenvalue weighted by Crippen LogP contribution is 2.20. The number of hydrogen-bond acceptors (Lipinski definition) is 5. The third-order valence-corrected chi connectivity index (χ3v) is 6.15. The molecule has 0 amide bonds. The van der Waals surface area contributed by atoms with Gasteiger partial charge >= 0.3 is 0 Å². The normalized spacial score (nSPS) is 17.0. The van der Waals surface area contributed by atoms with Gasteiger partial charge in [0.15, 0.2) is 0 Å². The van der Waals surface area contributed by atoms with Crippen LogP contribution in [-0.2, 0) is 16.6 Å². The molecule has 8 heteroatoms. The number of sulfonamides is 1. The van der Waals surface area contributed by atoms with Crippen molar-refractivity contribution in [2.24, 2.45) is 0 Å². The molecular formula is C16H22N4O3S. The average molecular weight is 350 g/mol. The first-order valence-electron chi connectivity index (χ1n) is 7.93. The predicted molar refractivity (Wildman–Crippen MR) is 90.4 cm³/mol. The van der Waals surface area contributed by atoms with Gasteiger partial charge in [-0.25, -0.2) is 8.42 Å². The number of aromatic nitrogens is 2. The summed E-state index contributed by atoms with van der Waals surface area (Å²) < 4.78 is 33.9. The Balaban J connectivity index is 1.56. The van der Waals surface area contributed by atoms with Crippen LogP contribution >= 0.6 is 0 Å². The first kappa shape index (κ1) is 16.9. The van der Waals surface area contributed by atoms with Gasteiger partial charge in [-0.2, -0.15) is 9.40 Å². The van der Waals surface area contributed by atoms with Gasteiger partial charge in [0.2, 0.25) is 10.0 Å². The van der Waals surface area contributed by atoms with Crippen molar-refractivity contribution in [2.75, 3.05) is 39.8 Å². The van der Waals surface area contributed by atoms with Crippen LogP contribution in [0.5, 0.6) is 5.75 Å². The van der Waals surface area contributed by atoms with E-state index in [1.807, 2.05) is 16.9 Å². The van der Waals surface area contributed by atoms with Crippen LogP contribution in [0.2, 0.25) is 0 Å². The lowest BCUT2D eigenvalue weighted by atomic mass is 10.3. The zero-order valence-corrected chi connectivity index (χ0v) is 14.5. The molecule has 0 atom stereocenters. The molecule has 0 radical (unpaired) electrons. The molecule has 3 rings (SSSR count). The Morgan fingerprint density at radius 2 is 1.79 bits per heavy atom. The molecule has 2 heterocycles. The van der Waals surface area contributed by atoms with Crippen LogP contribution < -0.4 is 4.74 Å². The summed E-state index contributed by atoms with van der Waals surface area (Å²) in [5.41, 5.74) is 0. The number of methoxy groups -OCH3 is 1. The van der Waals surface area contributed by atoms with E-state index in [2.05, 4.69) is 10.00 Å². The molecule has 0 aliphatic carbocycles. The molecule has 7 nitrogen and oxygen atoms in total. The van der Waals surface area contributed by atoms with Crippen molar-refractivity contribution in [3.05, 3.63) is 42.7 Å². The molecule has 2 aromatic rings. The fourth-order valence-corrected chi connectivity index (χ4v) is 4.19. The van der Waals surface area contributed by atoms with E-state index in [1.54, 1.807) is 41.9 Å². The standard InChI is InChI=1S/C16H22N4O3S/c1-23-15-3-5-16(6-4-15)24(21,22)20-13-10-18(11-14-20)9-12-19-8-2-7-17-19/h2-8H,9-14H2,1H3. The van der Waals surface area contributed by atoms with E-state index in [-0.39, 0.29) is 0 Å². The average Bonchev–Trinajstić information content (AvgIpc) is 3.14. The number of nitrogens with zero attached hydrogens (tertiary/aromatic N) is 4. The molecule has 1 aromatic carbocycles. The third kappa shape index (κ3) is 3.77. The summed E-state index contributed by atoms with van der Waals surface area (Å²) in [6.45, 7) is 4.17. The molecule has 130 valence electrons. The second kappa shape index (κ2) is 7.33. The van der Waals surface area contributed by atoms with Crippen molar-refractivity contribution < 1.29 is 13.2 Å². The van der Waals surface area contributed by atoms with Crippen LogP contribution in [0.15, 0.2) is 47.6 Å². The van der Waals surface area contributed by atoms with Crippen LogP contribution in [0.25, 0.3) is 0 Å². The molecular weight excluding hydrogens is 328 g/mol. The number of hydrogen-bond donors (Lipinski definition) is 0. The number of ether oxygens (including phenoxy) is 1. The van der Waals surface area contributed by atoms with Crippen LogP contribution in [0, 0.1) is 0 Å². The molecule has 1 saturated heterocycles. The monoisotopic (exact) mass is 350 g/mol. The SMILES string of the molecule is COc1ccc(S(=O)(=O)N2CCN(CCn3cccn3)CC2)cc1. The smallest absolute Gasteiger partial charge is 0.243 e. The predicted octanol–water partition coefficient (Wildman–Crippen LogP) is 0.898. The summed E-state index contributed by atoms with van der Waals surface area (Å²) in [6, 6.07) is 8.44. The van der Waals surface area contributed by atoms with Gasteiger partial charge in [-0.05, 0) is 30.3 Å². The minimum absolute atomic E-state index is 0.313. The summed E-state index contributed by atoms with van der Waals surface area (Å²) >= 11 is 0. The lowest BCUT2D eigenvalue weighted by molar-refractivity contribution is 0.181. The lowest BCUT2D eigenvalue weighted by Crippen LogP contribution is -2.49.